The smallest absolute Gasteiger partial charge is 0.257 e. The number of hydrogen-bond donors (Lipinski definition) is 2. The number of nitrogens with one attached hydrogen (secondary N) is 1. The molecule has 0 unspecified atom stereocenters. The van der Waals surface area contributed by atoms with Crippen molar-refractivity contribution in [3.8, 4) is 0 Å². The van der Waals surface area contributed by atoms with Crippen LogP contribution in [0.25, 0.3) is 0 Å². The van der Waals surface area contributed by atoms with Crippen molar-refractivity contribution in [2.75, 3.05) is 6.54 Å². The Kier molecular flexibility index (Phi) is 6.91. The number of thiocarbonyl (C=S) groups is 1. The minimum absolute atomic E-state index is 0.139. The first kappa shape index (κ1) is 18.9. The maximum absolute atomic E-state index is 12.3. The van der Waals surface area contributed by atoms with E-state index in [0.29, 0.717) is 23.7 Å². The van der Waals surface area contributed by atoms with Crippen LogP contribution < -0.4 is 11.1 Å². The summed E-state index contributed by atoms with van der Waals surface area (Å²) < 4.78 is 0. The van der Waals surface area contributed by atoms with E-state index in [4.69, 9.17) is 29.6 Å². The van der Waals surface area contributed by atoms with Crippen LogP contribution in [0.1, 0.15) is 22.3 Å². The number of carbonyl (C=O) groups excluding carboxylic acids is 2. The molecule has 2 amide bonds. The number of carbonyl (C=O) groups is 2. The molecule has 0 aliphatic heterocycles. The average Bonchev–Trinajstić information content (AvgIpc) is 2.59. The summed E-state index contributed by atoms with van der Waals surface area (Å²) in [4.78, 5) is 25.2. The van der Waals surface area contributed by atoms with Crippen LogP contribution in [0.15, 0.2) is 54.6 Å². The molecule has 0 atom stereocenters. The summed E-state index contributed by atoms with van der Waals surface area (Å²) >= 11 is 11.2. The minimum atomic E-state index is -0.429. The molecule has 3 N–H and O–H groups in total. The van der Waals surface area contributed by atoms with E-state index in [9.17, 15) is 9.59 Å². The van der Waals surface area contributed by atoms with E-state index in [1.165, 1.54) is 0 Å². The number of amides is 2. The van der Waals surface area contributed by atoms with Crippen molar-refractivity contribution in [2.45, 2.75) is 13.0 Å². The van der Waals surface area contributed by atoms with E-state index in [-0.39, 0.29) is 17.4 Å². The van der Waals surface area contributed by atoms with E-state index < -0.39 is 5.91 Å². The molecule has 130 valence electrons. The Morgan fingerprint density at radius 1 is 1.12 bits per heavy atom. The average molecular weight is 376 g/mol. The highest BCUT2D eigenvalue weighted by molar-refractivity contribution is 7.80. The zero-order valence-electron chi connectivity index (χ0n) is 13.4. The number of halogens is 1. The SMILES string of the molecule is NC(=O)CCN(Cc1ccccc1)C(=S)NC(=O)c1cccc(Cl)c1. The number of nitrogens with two attached hydrogens (primary N) is 1. The maximum Gasteiger partial charge on any atom is 0.257 e. The molecule has 0 fully saturated rings. The van der Waals surface area contributed by atoms with Gasteiger partial charge in [-0.15, -0.1) is 0 Å². The van der Waals surface area contributed by atoms with Gasteiger partial charge in [-0.05, 0) is 36.0 Å². The summed E-state index contributed by atoms with van der Waals surface area (Å²) in [5.41, 5.74) is 6.65. The predicted octanol–water partition coefficient (Wildman–Crippen LogP) is 2.73. The molecular weight excluding hydrogens is 358 g/mol. The highest BCUT2D eigenvalue weighted by Gasteiger charge is 2.15. The number of benzene rings is 2. The number of primary amides is 1. The molecular formula is C18H18ClN3O2S. The van der Waals surface area contributed by atoms with Crippen LogP contribution in [0.4, 0.5) is 0 Å². The van der Waals surface area contributed by atoms with Crippen molar-refractivity contribution in [1.29, 1.82) is 0 Å². The molecule has 7 heteroatoms. The molecule has 0 aliphatic rings. The summed E-state index contributed by atoms with van der Waals surface area (Å²) in [5, 5.41) is 3.37. The van der Waals surface area contributed by atoms with E-state index in [0.717, 1.165) is 5.56 Å². The van der Waals surface area contributed by atoms with Gasteiger partial charge in [0, 0.05) is 30.1 Å². The lowest BCUT2D eigenvalue weighted by Crippen LogP contribution is -2.43. The third-order valence-electron chi connectivity index (χ3n) is 3.44. The topological polar surface area (TPSA) is 75.4 Å². The quantitative estimate of drug-likeness (QED) is 0.761. The lowest BCUT2D eigenvalue weighted by molar-refractivity contribution is -0.118. The first-order valence-electron chi connectivity index (χ1n) is 7.64. The first-order valence-corrected chi connectivity index (χ1v) is 8.42. The van der Waals surface area contributed by atoms with Gasteiger partial charge >= 0.3 is 0 Å². The van der Waals surface area contributed by atoms with Gasteiger partial charge in [-0.25, -0.2) is 0 Å². The van der Waals surface area contributed by atoms with Crippen LogP contribution in [0, 0.1) is 0 Å². The molecule has 0 heterocycles. The third kappa shape index (κ3) is 6.17. The van der Waals surface area contributed by atoms with Crippen LogP contribution in [0.3, 0.4) is 0 Å². The fraction of sp³-hybridized carbons (Fsp3) is 0.167. The lowest BCUT2D eigenvalue weighted by atomic mass is 10.2. The molecule has 5 nitrogen and oxygen atoms in total. The lowest BCUT2D eigenvalue weighted by Gasteiger charge is -2.25. The molecule has 0 aliphatic carbocycles. The van der Waals surface area contributed by atoms with E-state index >= 15 is 0 Å². The van der Waals surface area contributed by atoms with Crippen molar-refractivity contribution >= 4 is 40.7 Å². The van der Waals surface area contributed by atoms with E-state index in [2.05, 4.69) is 5.32 Å². The van der Waals surface area contributed by atoms with Crippen LogP contribution in [0.5, 0.6) is 0 Å². The second-order valence-corrected chi connectivity index (χ2v) is 6.22. The van der Waals surface area contributed by atoms with Crippen LogP contribution in [-0.4, -0.2) is 28.4 Å². The summed E-state index contributed by atoms with van der Waals surface area (Å²) in [7, 11) is 0. The van der Waals surface area contributed by atoms with Gasteiger partial charge in [0.25, 0.3) is 5.91 Å². The normalized spacial score (nSPS) is 10.1. The Morgan fingerprint density at radius 2 is 1.84 bits per heavy atom. The second kappa shape index (κ2) is 9.15. The zero-order valence-corrected chi connectivity index (χ0v) is 15.0. The molecule has 2 rings (SSSR count). The maximum atomic E-state index is 12.3. The van der Waals surface area contributed by atoms with Gasteiger partial charge in [0.05, 0.1) is 0 Å². The second-order valence-electron chi connectivity index (χ2n) is 5.39. The Labute approximate surface area is 156 Å². The van der Waals surface area contributed by atoms with Gasteiger partial charge in [0.1, 0.15) is 0 Å². The van der Waals surface area contributed by atoms with Crippen LogP contribution in [-0.2, 0) is 11.3 Å². The van der Waals surface area contributed by atoms with Gasteiger partial charge in [-0.1, -0.05) is 48.0 Å². The molecule has 0 saturated carbocycles. The molecule has 2 aromatic carbocycles. The van der Waals surface area contributed by atoms with Crippen molar-refractivity contribution in [1.82, 2.24) is 10.2 Å². The largest absolute Gasteiger partial charge is 0.370 e. The summed E-state index contributed by atoms with van der Waals surface area (Å²) in [6.45, 7) is 0.779. The van der Waals surface area contributed by atoms with Gasteiger partial charge in [0.15, 0.2) is 5.11 Å². The van der Waals surface area contributed by atoms with Gasteiger partial charge in [0.2, 0.25) is 5.91 Å². The van der Waals surface area contributed by atoms with Gasteiger partial charge in [-0.2, -0.15) is 0 Å². The van der Waals surface area contributed by atoms with Crippen molar-refractivity contribution in [2.24, 2.45) is 5.73 Å². The first-order chi connectivity index (χ1) is 12.0. The van der Waals surface area contributed by atoms with Gasteiger partial charge < -0.3 is 10.6 Å². The summed E-state index contributed by atoms with van der Waals surface area (Å²) in [6.07, 6.45) is 0.139. The highest BCUT2D eigenvalue weighted by atomic mass is 35.5. The number of nitrogens with zero attached hydrogens (tertiary/aromatic N) is 1. The van der Waals surface area contributed by atoms with Gasteiger partial charge in [-0.3, -0.25) is 14.9 Å². The number of rotatable bonds is 6. The molecule has 0 aromatic heterocycles. The Hall–Kier alpha value is -2.44. The Bertz CT molecular complexity index is 768. The fourth-order valence-electron chi connectivity index (χ4n) is 2.18. The van der Waals surface area contributed by atoms with Crippen LogP contribution >= 0.6 is 23.8 Å². The molecule has 0 radical (unpaired) electrons. The van der Waals surface area contributed by atoms with E-state index in [1.54, 1.807) is 29.2 Å². The molecule has 25 heavy (non-hydrogen) atoms. The Morgan fingerprint density at radius 3 is 2.48 bits per heavy atom. The zero-order chi connectivity index (χ0) is 18.2. The summed E-state index contributed by atoms with van der Waals surface area (Å²) in [5.74, 6) is -0.785. The van der Waals surface area contributed by atoms with Crippen LogP contribution in [0.2, 0.25) is 5.02 Å². The molecule has 0 bridgehead atoms. The molecule has 0 saturated heterocycles. The van der Waals surface area contributed by atoms with Crippen molar-refractivity contribution in [3.63, 3.8) is 0 Å². The van der Waals surface area contributed by atoms with Crippen molar-refractivity contribution < 1.29 is 9.59 Å². The standard InChI is InChI=1S/C18H18ClN3O2S/c19-15-8-4-7-14(11-15)17(24)21-18(25)22(10-9-16(20)23)12-13-5-2-1-3-6-13/h1-8,11H,9-10,12H2,(H2,20,23)(H,21,24,25). The summed E-state index contributed by atoms with van der Waals surface area (Å²) in [6, 6.07) is 16.2. The highest BCUT2D eigenvalue weighted by Crippen LogP contribution is 2.11. The van der Waals surface area contributed by atoms with Crippen molar-refractivity contribution in [3.05, 3.63) is 70.7 Å². The van der Waals surface area contributed by atoms with E-state index in [1.807, 2.05) is 30.3 Å². The fourth-order valence-corrected chi connectivity index (χ4v) is 2.62. The predicted molar refractivity (Wildman–Crippen MR) is 102 cm³/mol. The Balaban J connectivity index is 2.08. The molecule has 2 aromatic rings. The minimum Gasteiger partial charge on any atom is -0.370 e. The monoisotopic (exact) mass is 375 g/mol. The third-order valence-corrected chi connectivity index (χ3v) is 4.03. The number of hydrogen-bond acceptors (Lipinski definition) is 3. The molecule has 0 spiro atoms.